The van der Waals surface area contributed by atoms with Gasteiger partial charge in [-0.1, -0.05) is 39.1 Å². The summed E-state index contributed by atoms with van der Waals surface area (Å²) in [5.74, 6) is -1.03. The molecule has 1 N–H and O–H groups in total. The molecule has 0 aliphatic rings. The summed E-state index contributed by atoms with van der Waals surface area (Å²) >= 11 is 16.7. The van der Waals surface area contributed by atoms with E-state index in [0.29, 0.717) is 11.3 Å². The fourth-order valence-electron chi connectivity index (χ4n) is 1.50. The highest BCUT2D eigenvalue weighted by molar-refractivity contribution is 14.1. The molecule has 1 amide bonds. The lowest BCUT2D eigenvalue weighted by molar-refractivity contribution is 0.102. The predicted octanol–water partition coefficient (Wildman–Crippen LogP) is 5.75. The zero-order valence-electron chi connectivity index (χ0n) is 9.68. The number of amides is 1. The maximum Gasteiger partial charge on any atom is 0.256 e. The lowest BCUT2D eigenvalue weighted by Crippen LogP contribution is -2.13. The summed E-state index contributed by atoms with van der Waals surface area (Å²) in [6.07, 6.45) is 0. The van der Waals surface area contributed by atoms with Gasteiger partial charge in [-0.15, -0.1) is 0 Å². The summed E-state index contributed by atoms with van der Waals surface area (Å²) in [6.45, 7) is 0. The van der Waals surface area contributed by atoms with Crippen LogP contribution < -0.4 is 5.32 Å². The third kappa shape index (κ3) is 3.63. The maximum atomic E-state index is 13.3. The van der Waals surface area contributed by atoms with Crippen LogP contribution in [0.25, 0.3) is 0 Å². The molecule has 2 nitrogen and oxygen atoms in total. The molecule has 2 aromatic carbocycles. The molecule has 0 fully saturated rings. The topological polar surface area (TPSA) is 29.1 Å². The molecule has 0 atom stereocenters. The van der Waals surface area contributed by atoms with Gasteiger partial charge in [0.25, 0.3) is 5.91 Å². The molecular formula is C13H6BrCl2FINO. The van der Waals surface area contributed by atoms with Crippen molar-refractivity contribution in [1.82, 2.24) is 0 Å². The van der Waals surface area contributed by atoms with Gasteiger partial charge in [0.05, 0.1) is 15.6 Å². The first-order valence-corrected chi connectivity index (χ1v) is 7.92. The molecule has 0 saturated heterocycles. The molecular weight excluding hydrogens is 483 g/mol. The Balaban J connectivity index is 2.30. The Morgan fingerprint density at radius 3 is 2.40 bits per heavy atom. The monoisotopic (exact) mass is 487 g/mol. The number of nitrogens with one attached hydrogen (secondary N) is 1. The van der Waals surface area contributed by atoms with Crippen LogP contribution in [0.3, 0.4) is 0 Å². The van der Waals surface area contributed by atoms with E-state index in [4.69, 9.17) is 23.2 Å². The summed E-state index contributed by atoms with van der Waals surface area (Å²) in [4.78, 5) is 12.2. The number of carbonyl (C=O) groups excluding carboxylic acids is 1. The number of halogens is 5. The third-order valence-electron chi connectivity index (χ3n) is 2.41. The van der Waals surface area contributed by atoms with Crippen molar-refractivity contribution in [2.75, 3.05) is 5.32 Å². The van der Waals surface area contributed by atoms with Gasteiger partial charge in [-0.3, -0.25) is 4.79 Å². The van der Waals surface area contributed by atoms with Crippen LogP contribution in [0.2, 0.25) is 10.0 Å². The van der Waals surface area contributed by atoms with Gasteiger partial charge in [0, 0.05) is 13.7 Å². The van der Waals surface area contributed by atoms with Crippen LogP contribution in [0, 0.1) is 9.39 Å². The Kier molecular flexibility index (Phi) is 5.28. The average Bonchev–Trinajstić information content (AvgIpc) is 2.38. The first-order valence-electron chi connectivity index (χ1n) is 5.29. The maximum absolute atomic E-state index is 13.3. The fraction of sp³-hybridized carbons (Fsp3) is 0. The van der Waals surface area contributed by atoms with Crippen molar-refractivity contribution in [3.05, 3.63) is 59.8 Å². The molecule has 0 aromatic heterocycles. The van der Waals surface area contributed by atoms with Crippen LogP contribution in [-0.2, 0) is 0 Å². The standard InChI is InChI=1S/C13H6BrCl2FINO/c14-6-1-2-11(18)8(3-6)13(20)19-7-4-9(15)12(17)10(16)5-7/h1-5H,(H,19,20). The second-order valence-electron chi connectivity index (χ2n) is 3.83. The average molecular weight is 489 g/mol. The summed E-state index contributed by atoms with van der Waals surface area (Å²) < 4.78 is 14.9. The van der Waals surface area contributed by atoms with Gasteiger partial charge in [0.2, 0.25) is 0 Å². The van der Waals surface area contributed by atoms with Crippen LogP contribution in [0.1, 0.15) is 10.4 Å². The molecule has 0 unspecified atom stereocenters. The molecule has 0 aliphatic heterocycles. The normalized spacial score (nSPS) is 10.4. The third-order valence-corrected chi connectivity index (χ3v) is 4.40. The Morgan fingerprint density at radius 1 is 1.20 bits per heavy atom. The minimum atomic E-state index is -0.705. The number of benzene rings is 2. The van der Waals surface area contributed by atoms with Gasteiger partial charge in [0.1, 0.15) is 0 Å². The van der Waals surface area contributed by atoms with Crippen molar-refractivity contribution in [2.24, 2.45) is 0 Å². The molecule has 0 aliphatic carbocycles. The minimum absolute atomic E-state index is 0.142. The second kappa shape index (κ2) is 6.60. The lowest BCUT2D eigenvalue weighted by Gasteiger charge is -2.09. The quantitative estimate of drug-likeness (QED) is 0.423. The number of rotatable bonds is 2. The van der Waals surface area contributed by atoms with Crippen molar-refractivity contribution >= 4 is 73.3 Å². The Hall–Kier alpha value is -0.370. The van der Waals surface area contributed by atoms with E-state index in [-0.39, 0.29) is 16.0 Å². The highest BCUT2D eigenvalue weighted by Gasteiger charge is 2.13. The molecule has 104 valence electrons. The fourth-order valence-corrected chi connectivity index (χ4v) is 2.93. The Bertz CT molecular complexity index is 673. The van der Waals surface area contributed by atoms with Crippen LogP contribution in [-0.4, -0.2) is 5.91 Å². The smallest absolute Gasteiger partial charge is 0.256 e. The molecule has 0 radical (unpaired) electrons. The van der Waals surface area contributed by atoms with Gasteiger partial charge >= 0.3 is 0 Å². The molecule has 7 heteroatoms. The van der Waals surface area contributed by atoms with Crippen LogP contribution in [0.5, 0.6) is 0 Å². The molecule has 0 saturated carbocycles. The molecule has 2 aromatic rings. The first-order chi connectivity index (χ1) is 9.38. The second-order valence-corrected chi connectivity index (χ2v) is 6.72. The number of hydrogen-bond donors (Lipinski definition) is 1. The summed E-state index contributed by atoms with van der Waals surface area (Å²) in [5.41, 5.74) is 0.832. The summed E-state index contributed by atoms with van der Waals surface area (Å²) in [7, 11) is 0. The van der Waals surface area contributed by atoms with E-state index < -0.39 is 5.82 Å². The van der Waals surface area contributed by atoms with Crippen molar-refractivity contribution in [3.8, 4) is 0 Å². The van der Waals surface area contributed by atoms with E-state index in [1.807, 2.05) is 12.1 Å². The zero-order valence-corrected chi connectivity index (χ0v) is 14.9. The summed E-state index contributed by atoms with van der Waals surface area (Å²) in [6, 6.07) is 7.97. The summed E-state index contributed by atoms with van der Waals surface area (Å²) in [5, 5.41) is 2.35. The van der Waals surface area contributed by atoms with Crippen LogP contribution in [0.4, 0.5) is 10.1 Å². The van der Waals surface area contributed by atoms with Gasteiger partial charge in [-0.2, -0.15) is 0 Å². The van der Waals surface area contributed by atoms with E-state index >= 15 is 0 Å². The zero-order chi connectivity index (χ0) is 14.9. The van der Waals surface area contributed by atoms with Gasteiger partial charge < -0.3 is 5.32 Å². The van der Waals surface area contributed by atoms with Crippen LogP contribution >= 0.6 is 61.7 Å². The highest BCUT2D eigenvalue weighted by atomic mass is 127. The number of hydrogen-bond acceptors (Lipinski definition) is 1. The Morgan fingerprint density at radius 2 is 1.80 bits per heavy atom. The SMILES string of the molecule is O=C(Nc1cc(Cl)c(F)c(Cl)c1)c1cc(Br)ccc1I. The van der Waals surface area contributed by atoms with E-state index in [1.165, 1.54) is 12.1 Å². The molecule has 0 bridgehead atoms. The van der Waals surface area contributed by atoms with E-state index in [2.05, 4.69) is 43.8 Å². The van der Waals surface area contributed by atoms with Crippen molar-refractivity contribution in [1.29, 1.82) is 0 Å². The van der Waals surface area contributed by atoms with Crippen LogP contribution in [0.15, 0.2) is 34.8 Å². The number of anilines is 1. The molecule has 2 rings (SSSR count). The Labute approximate surface area is 146 Å². The first kappa shape index (κ1) is 16.0. The van der Waals surface area contributed by atoms with Crippen molar-refractivity contribution in [2.45, 2.75) is 0 Å². The molecule has 0 spiro atoms. The van der Waals surface area contributed by atoms with E-state index in [9.17, 15) is 9.18 Å². The van der Waals surface area contributed by atoms with Gasteiger partial charge in [0.15, 0.2) is 5.82 Å². The molecule has 0 heterocycles. The highest BCUT2D eigenvalue weighted by Crippen LogP contribution is 2.28. The lowest BCUT2D eigenvalue weighted by atomic mass is 10.2. The van der Waals surface area contributed by atoms with Crippen molar-refractivity contribution < 1.29 is 9.18 Å². The van der Waals surface area contributed by atoms with Crippen molar-refractivity contribution in [3.63, 3.8) is 0 Å². The minimum Gasteiger partial charge on any atom is -0.322 e. The van der Waals surface area contributed by atoms with Gasteiger partial charge in [-0.05, 0) is 52.9 Å². The van der Waals surface area contributed by atoms with E-state index in [1.54, 1.807) is 6.07 Å². The molecule has 20 heavy (non-hydrogen) atoms. The van der Waals surface area contributed by atoms with E-state index in [0.717, 1.165) is 8.04 Å². The van der Waals surface area contributed by atoms with Gasteiger partial charge in [-0.25, -0.2) is 4.39 Å². The number of carbonyl (C=O) groups is 1. The predicted molar refractivity (Wildman–Crippen MR) is 91.2 cm³/mol. The largest absolute Gasteiger partial charge is 0.322 e.